The summed E-state index contributed by atoms with van der Waals surface area (Å²) in [6.45, 7) is 1.83. The quantitative estimate of drug-likeness (QED) is 0.0507. The van der Waals surface area contributed by atoms with Crippen molar-refractivity contribution in [2.75, 3.05) is 19.6 Å². The molecule has 0 radical (unpaired) electrons. The molecule has 0 bridgehead atoms. The maximum Gasteiger partial charge on any atom is 0.313 e. The molecule has 0 aliphatic carbocycles. The topological polar surface area (TPSA) is 210 Å². The molecular formula is C38H72N6O6S3. The van der Waals surface area contributed by atoms with Gasteiger partial charge in [0.1, 0.15) is 0 Å². The number of hydrogen-bond donors (Lipinski definition) is 3. The lowest BCUT2D eigenvalue weighted by Gasteiger charge is -2.33. The SMILES string of the molecule is CCCCCCCC(S(=O)(=O)NCCCCCCCCCC#N)(S(=O)(=O)NCCCCCCCCCC#N)S(=O)(=O)NCCCCCCCCCC#N. The van der Waals surface area contributed by atoms with E-state index >= 15 is 0 Å². The Kier molecular flexibility index (Phi) is 31.3. The summed E-state index contributed by atoms with van der Waals surface area (Å²) in [7, 11) is -14.9. The van der Waals surface area contributed by atoms with Gasteiger partial charge in [-0.2, -0.15) is 15.8 Å². The highest BCUT2D eigenvalue weighted by Gasteiger charge is 2.64. The van der Waals surface area contributed by atoms with Crippen LogP contribution in [0.5, 0.6) is 0 Å². The van der Waals surface area contributed by atoms with Crippen LogP contribution >= 0.6 is 0 Å². The first kappa shape index (κ1) is 51.2. The monoisotopic (exact) mass is 804 g/mol. The molecule has 15 heteroatoms. The minimum Gasteiger partial charge on any atom is -0.213 e. The van der Waals surface area contributed by atoms with E-state index in [-0.39, 0.29) is 26.1 Å². The molecule has 0 amide bonds. The van der Waals surface area contributed by atoms with Crippen LogP contribution in [-0.2, 0) is 30.1 Å². The summed E-state index contributed by atoms with van der Waals surface area (Å²) in [6.07, 6.45) is 21.4. The maximum absolute atomic E-state index is 14.2. The predicted octanol–water partition coefficient (Wildman–Crippen LogP) is 8.69. The van der Waals surface area contributed by atoms with E-state index in [9.17, 15) is 25.3 Å². The van der Waals surface area contributed by atoms with Crippen molar-refractivity contribution in [2.45, 2.75) is 203 Å². The van der Waals surface area contributed by atoms with Gasteiger partial charge in [-0.25, -0.2) is 39.4 Å². The molecule has 0 saturated heterocycles. The summed E-state index contributed by atoms with van der Waals surface area (Å²) in [5, 5.41) is 26.1. The lowest BCUT2D eigenvalue weighted by atomic mass is 10.1. The molecule has 0 aromatic carbocycles. The third-order valence-corrected chi connectivity index (χ3v) is 18.4. The van der Waals surface area contributed by atoms with E-state index in [4.69, 9.17) is 15.8 Å². The van der Waals surface area contributed by atoms with Crippen molar-refractivity contribution in [1.82, 2.24) is 14.2 Å². The molecular weight excluding hydrogens is 733 g/mol. The smallest absolute Gasteiger partial charge is 0.213 e. The van der Waals surface area contributed by atoms with Crippen LogP contribution in [0.4, 0.5) is 0 Å². The van der Waals surface area contributed by atoms with E-state index in [0.29, 0.717) is 64.2 Å². The summed E-state index contributed by atoms with van der Waals surface area (Å²) >= 11 is 0. The van der Waals surface area contributed by atoms with Gasteiger partial charge in [-0.05, 0) is 44.9 Å². The second-order valence-electron chi connectivity index (χ2n) is 14.2. The van der Waals surface area contributed by atoms with Gasteiger partial charge >= 0.3 is 3.41 Å². The van der Waals surface area contributed by atoms with Crippen LogP contribution in [0, 0.1) is 34.0 Å². The first-order chi connectivity index (χ1) is 25.5. The van der Waals surface area contributed by atoms with Crippen LogP contribution in [0.15, 0.2) is 0 Å². The Bertz CT molecular complexity index is 1210. The Morgan fingerprint density at radius 2 is 0.623 bits per heavy atom. The van der Waals surface area contributed by atoms with Crippen molar-refractivity contribution in [2.24, 2.45) is 0 Å². The molecule has 0 fully saturated rings. The van der Waals surface area contributed by atoms with E-state index < -0.39 is 39.9 Å². The van der Waals surface area contributed by atoms with Crippen LogP contribution in [0.25, 0.3) is 0 Å². The molecule has 0 saturated carbocycles. The second-order valence-corrected chi connectivity index (χ2v) is 20.9. The van der Waals surface area contributed by atoms with Gasteiger partial charge < -0.3 is 0 Å². The minimum absolute atomic E-state index is 0.0673. The number of hydrogen-bond acceptors (Lipinski definition) is 9. The van der Waals surface area contributed by atoms with E-state index in [1.807, 2.05) is 6.92 Å². The molecule has 0 unspecified atom stereocenters. The Morgan fingerprint density at radius 1 is 0.377 bits per heavy atom. The first-order valence-corrected chi connectivity index (χ1v) is 25.0. The van der Waals surface area contributed by atoms with Gasteiger partial charge in [-0.3, -0.25) is 0 Å². The number of sulfonamides is 3. The Morgan fingerprint density at radius 3 is 0.906 bits per heavy atom. The third kappa shape index (κ3) is 22.4. The molecule has 0 rings (SSSR count). The Balaban J connectivity index is 5.89. The predicted molar refractivity (Wildman–Crippen MR) is 215 cm³/mol. The molecule has 0 aliphatic rings. The molecule has 0 aliphatic heterocycles. The molecule has 308 valence electrons. The summed E-state index contributed by atoms with van der Waals surface area (Å²) in [5.41, 5.74) is 0. The Labute approximate surface area is 324 Å². The highest BCUT2D eigenvalue weighted by atomic mass is 32.3. The van der Waals surface area contributed by atoms with E-state index in [0.717, 1.165) is 116 Å². The van der Waals surface area contributed by atoms with Crippen LogP contribution in [0.2, 0.25) is 0 Å². The van der Waals surface area contributed by atoms with Crippen LogP contribution < -0.4 is 14.2 Å². The van der Waals surface area contributed by atoms with Crippen molar-refractivity contribution in [3.05, 3.63) is 0 Å². The van der Waals surface area contributed by atoms with E-state index in [1.165, 1.54) is 0 Å². The number of nitrogens with one attached hydrogen (secondary N) is 3. The zero-order valence-electron chi connectivity index (χ0n) is 32.9. The molecule has 3 N–H and O–H groups in total. The molecule has 0 aromatic heterocycles. The zero-order valence-corrected chi connectivity index (χ0v) is 35.3. The lowest BCUT2D eigenvalue weighted by molar-refractivity contribution is 0.504. The summed E-state index contributed by atoms with van der Waals surface area (Å²) in [5.74, 6) is 0. The Hall–Kier alpha value is -1.80. The number of nitrogens with zero attached hydrogens (tertiary/aromatic N) is 3. The van der Waals surface area contributed by atoms with E-state index in [1.54, 1.807) is 0 Å². The third-order valence-electron chi connectivity index (χ3n) is 9.59. The second kappa shape index (κ2) is 32.4. The van der Waals surface area contributed by atoms with Crippen molar-refractivity contribution in [3.8, 4) is 18.2 Å². The fraction of sp³-hybridized carbons (Fsp3) is 0.921. The normalized spacial score (nSPS) is 12.3. The molecule has 53 heavy (non-hydrogen) atoms. The fourth-order valence-corrected chi connectivity index (χ4v) is 14.0. The van der Waals surface area contributed by atoms with Crippen molar-refractivity contribution >= 4 is 30.1 Å². The van der Waals surface area contributed by atoms with Crippen LogP contribution in [-0.4, -0.2) is 48.3 Å². The van der Waals surface area contributed by atoms with Gasteiger partial charge in [-0.15, -0.1) is 0 Å². The standard InChI is InChI=1S/C38H72N6O6S3/c1-2-3-4-17-24-31-38(51(45,46)42-35-28-21-14-8-5-11-18-25-32-39,52(47,48)43-36-29-22-15-9-6-12-19-26-33-40)53(49,50)44-37-30-23-16-10-7-13-20-27-34-41/h42-44H,2-31,35-37H2,1H3. The lowest BCUT2D eigenvalue weighted by Crippen LogP contribution is -2.63. The number of nitriles is 3. The van der Waals surface area contributed by atoms with Crippen LogP contribution in [0.1, 0.15) is 200 Å². The molecule has 0 spiro atoms. The summed E-state index contributed by atoms with van der Waals surface area (Å²) in [6, 6.07) is 6.41. The van der Waals surface area contributed by atoms with Crippen molar-refractivity contribution in [1.29, 1.82) is 15.8 Å². The summed E-state index contributed by atoms with van der Waals surface area (Å²) in [4.78, 5) is 0. The fourth-order valence-electron chi connectivity index (χ4n) is 6.37. The van der Waals surface area contributed by atoms with E-state index in [2.05, 4.69) is 32.4 Å². The van der Waals surface area contributed by atoms with Crippen molar-refractivity contribution in [3.63, 3.8) is 0 Å². The van der Waals surface area contributed by atoms with Gasteiger partial charge in [0.05, 0.1) is 18.2 Å². The minimum atomic E-state index is -4.95. The largest absolute Gasteiger partial charge is 0.313 e. The zero-order chi connectivity index (χ0) is 39.6. The first-order valence-electron chi connectivity index (χ1n) is 20.6. The van der Waals surface area contributed by atoms with Crippen molar-refractivity contribution < 1.29 is 25.3 Å². The average molecular weight is 805 g/mol. The molecule has 0 heterocycles. The number of rotatable bonds is 39. The van der Waals surface area contributed by atoms with Gasteiger partial charge in [0.15, 0.2) is 0 Å². The average Bonchev–Trinajstić information content (AvgIpc) is 3.11. The highest BCUT2D eigenvalue weighted by molar-refractivity contribution is 8.24. The van der Waals surface area contributed by atoms with Gasteiger partial charge in [0.2, 0.25) is 30.1 Å². The number of unbranched alkanes of at least 4 members (excludes halogenated alkanes) is 25. The van der Waals surface area contributed by atoms with Gasteiger partial charge in [-0.1, -0.05) is 129 Å². The summed E-state index contributed by atoms with van der Waals surface area (Å²) < 4.78 is 89.6. The molecule has 0 aromatic rings. The maximum atomic E-state index is 14.2. The molecule has 12 nitrogen and oxygen atoms in total. The van der Waals surface area contributed by atoms with Crippen LogP contribution in [0.3, 0.4) is 0 Å². The highest BCUT2D eigenvalue weighted by Crippen LogP contribution is 2.36. The molecule has 0 atom stereocenters. The van der Waals surface area contributed by atoms with Gasteiger partial charge in [0, 0.05) is 45.3 Å². The van der Waals surface area contributed by atoms with Gasteiger partial charge in [0.25, 0.3) is 0 Å².